The standard InChI is InChI=1S/C15H26N2O5/c1-15(2,3)17(14(21)22)13(20)10-8-9(6-7-11(10)18)12(19)16(4)5/h9-11,18H,6-8H2,1-5H3,(H,21,22)/t9-,10+,11+/m0/s1. The quantitative estimate of drug-likeness (QED) is 0.797. The Bertz CT molecular complexity index is 455. The third-order valence-electron chi connectivity index (χ3n) is 4.00. The molecule has 126 valence electrons. The first-order valence-electron chi connectivity index (χ1n) is 7.43. The van der Waals surface area contributed by atoms with Crippen LogP contribution in [0.2, 0.25) is 0 Å². The molecule has 0 saturated heterocycles. The Labute approximate surface area is 130 Å². The Morgan fingerprint density at radius 2 is 1.59 bits per heavy atom. The molecule has 0 heterocycles. The number of amides is 3. The molecule has 0 aromatic carbocycles. The van der Waals surface area contributed by atoms with Gasteiger partial charge in [-0.3, -0.25) is 9.59 Å². The lowest BCUT2D eigenvalue weighted by atomic mass is 9.77. The average Bonchev–Trinajstić information content (AvgIpc) is 2.35. The molecule has 7 nitrogen and oxygen atoms in total. The van der Waals surface area contributed by atoms with E-state index in [-0.39, 0.29) is 18.2 Å². The van der Waals surface area contributed by atoms with Gasteiger partial charge < -0.3 is 15.1 Å². The molecule has 3 atom stereocenters. The van der Waals surface area contributed by atoms with Gasteiger partial charge in [-0.25, -0.2) is 9.69 Å². The molecule has 0 unspecified atom stereocenters. The van der Waals surface area contributed by atoms with E-state index in [0.717, 1.165) is 4.90 Å². The fourth-order valence-corrected chi connectivity index (χ4v) is 2.89. The van der Waals surface area contributed by atoms with Crippen molar-refractivity contribution in [3.05, 3.63) is 0 Å². The summed E-state index contributed by atoms with van der Waals surface area (Å²) in [5.74, 6) is -1.95. The van der Waals surface area contributed by atoms with E-state index in [1.807, 2.05) is 0 Å². The number of rotatable bonds is 2. The maximum absolute atomic E-state index is 12.6. The molecule has 1 aliphatic rings. The molecular weight excluding hydrogens is 288 g/mol. The lowest BCUT2D eigenvalue weighted by Gasteiger charge is -2.38. The van der Waals surface area contributed by atoms with E-state index in [4.69, 9.17) is 0 Å². The normalized spacial score (nSPS) is 25.5. The van der Waals surface area contributed by atoms with Crippen LogP contribution in [0.5, 0.6) is 0 Å². The Morgan fingerprint density at radius 1 is 1.05 bits per heavy atom. The van der Waals surface area contributed by atoms with Crippen molar-refractivity contribution in [2.45, 2.75) is 51.7 Å². The van der Waals surface area contributed by atoms with Crippen molar-refractivity contribution in [2.24, 2.45) is 11.8 Å². The van der Waals surface area contributed by atoms with Gasteiger partial charge in [0.2, 0.25) is 11.8 Å². The van der Waals surface area contributed by atoms with Crippen LogP contribution in [0.3, 0.4) is 0 Å². The van der Waals surface area contributed by atoms with Crippen molar-refractivity contribution in [1.82, 2.24) is 9.80 Å². The van der Waals surface area contributed by atoms with E-state index in [2.05, 4.69) is 0 Å². The number of carbonyl (C=O) groups excluding carboxylic acids is 2. The smallest absolute Gasteiger partial charge is 0.414 e. The lowest BCUT2D eigenvalue weighted by Crippen LogP contribution is -2.54. The van der Waals surface area contributed by atoms with E-state index in [1.165, 1.54) is 4.90 Å². The van der Waals surface area contributed by atoms with Crippen molar-refractivity contribution in [3.8, 4) is 0 Å². The van der Waals surface area contributed by atoms with Gasteiger partial charge in [0.1, 0.15) is 0 Å². The predicted octanol–water partition coefficient (Wildman–Crippen LogP) is 1.16. The molecule has 0 radical (unpaired) electrons. The van der Waals surface area contributed by atoms with Crippen LogP contribution in [0, 0.1) is 11.8 Å². The third-order valence-corrected chi connectivity index (χ3v) is 4.00. The van der Waals surface area contributed by atoms with Crippen LogP contribution in [0.25, 0.3) is 0 Å². The molecule has 1 aliphatic carbocycles. The molecule has 0 aliphatic heterocycles. The largest absolute Gasteiger partial charge is 0.465 e. The van der Waals surface area contributed by atoms with Crippen LogP contribution in [0.4, 0.5) is 4.79 Å². The van der Waals surface area contributed by atoms with Crippen LogP contribution in [0.15, 0.2) is 0 Å². The molecule has 2 N–H and O–H groups in total. The number of carbonyl (C=O) groups is 3. The summed E-state index contributed by atoms with van der Waals surface area (Å²) in [6, 6.07) is 0. The van der Waals surface area contributed by atoms with Gasteiger partial charge in [-0.2, -0.15) is 0 Å². The zero-order valence-corrected chi connectivity index (χ0v) is 13.9. The number of hydrogen-bond donors (Lipinski definition) is 2. The number of nitrogens with zero attached hydrogens (tertiary/aromatic N) is 2. The fraction of sp³-hybridized carbons (Fsp3) is 0.800. The summed E-state index contributed by atoms with van der Waals surface area (Å²) in [5, 5.41) is 19.4. The molecule has 0 aromatic heterocycles. The molecule has 7 heteroatoms. The van der Waals surface area contributed by atoms with E-state index < -0.39 is 29.6 Å². The summed E-state index contributed by atoms with van der Waals surface area (Å²) in [7, 11) is 3.28. The monoisotopic (exact) mass is 314 g/mol. The Morgan fingerprint density at radius 3 is 2.00 bits per heavy atom. The third kappa shape index (κ3) is 3.97. The second kappa shape index (κ2) is 6.64. The van der Waals surface area contributed by atoms with Crippen molar-refractivity contribution < 1.29 is 24.6 Å². The molecule has 0 spiro atoms. The molecule has 1 saturated carbocycles. The highest BCUT2D eigenvalue weighted by molar-refractivity contribution is 5.94. The van der Waals surface area contributed by atoms with Gasteiger partial charge >= 0.3 is 6.09 Å². The van der Waals surface area contributed by atoms with Crippen molar-refractivity contribution in [2.75, 3.05) is 14.1 Å². The highest BCUT2D eigenvalue weighted by atomic mass is 16.4. The number of aliphatic hydroxyl groups excluding tert-OH is 1. The van der Waals surface area contributed by atoms with Crippen molar-refractivity contribution >= 4 is 17.9 Å². The minimum Gasteiger partial charge on any atom is -0.465 e. The van der Waals surface area contributed by atoms with Gasteiger partial charge in [-0.05, 0) is 40.0 Å². The summed E-state index contributed by atoms with van der Waals surface area (Å²) < 4.78 is 0. The number of carboxylic acid groups (broad SMARTS) is 1. The molecule has 22 heavy (non-hydrogen) atoms. The van der Waals surface area contributed by atoms with Crippen LogP contribution in [-0.2, 0) is 9.59 Å². The maximum Gasteiger partial charge on any atom is 0.414 e. The van der Waals surface area contributed by atoms with Crippen LogP contribution in [-0.4, -0.2) is 63.7 Å². The summed E-state index contributed by atoms with van der Waals surface area (Å²) >= 11 is 0. The SMILES string of the molecule is CN(C)C(=O)[C@H]1CC[C@@H](O)[C@H](C(=O)N(C(=O)O)C(C)(C)C)C1. The summed E-state index contributed by atoms with van der Waals surface area (Å²) in [6.45, 7) is 4.87. The Kier molecular flexibility index (Phi) is 5.56. The van der Waals surface area contributed by atoms with E-state index in [9.17, 15) is 24.6 Å². The van der Waals surface area contributed by atoms with Gasteiger partial charge in [-0.15, -0.1) is 0 Å². The van der Waals surface area contributed by atoms with Gasteiger partial charge in [0.25, 0.3) is 0 Å². The number of aliphatic hydroxyl groups is 1. The predicted molar refractivity (Wildman–Crippen MR) is 80.2 cm³/mol. The first-order valence-corrected chi connectivity index (χ1v) is 7.43. The fourth-order valence-electron chi connectivity index (χ4n) is 2.89. The van der Waals surface area contributed by atoms with Crippen LogP contribution < -0.4 is 0 Å². The zero-order valence-electron chi connectivity index (χ0n) is 13.9. The molecule has 0 aromatic rings. The number of hydrogen-bond acceptors (Lipinski definition) is 4. The zero-order chi connectivity index (χ0) is 17.2. The highest BCUT2D eigenvalue weighted by Crippen LogP contribution is 2.33. The van der Waals surface area contributed by atoms with Crippen molar-refractivity contribution in [3.63, 3.8) is 0 Å². The topological polar surface area (TPSA) is 98.2 Å². The van der Waals surface area contributed by atoms with Gasteiger partial charge in [-0.1, -0.05) is 0 Å². The van der Waals surface area contributed by atoms with Crippen LogP contribution >= 0.6 is 0 Å². The molecular formula is C15H26N2O5. The molecule has 1 fully saturated rings. The number of imide groups is 1. The minimum absolute atomic E-state index is 0.0951. The molecule has 3 amide bonds. The van der Waals surface area contributed by atoms with E-state index in [1.54, 1.807) is 34.9 Å². The molecule has 1 rings (SSSR count). The summed E-state index contributed by atoms with van der Waals surface area (Å²) in [6.07, 6.45) is -1.26. The van der Waals surface area contributed by atoms with Gasteiger partial charge in [0.15, 0.2) is 0 Å². The first-order chi connectivity index (χ1) is 9.96. The lowest BCUT2D eigenvalue weighted by molar-refractivity contribution is -0.146. The Balaban J connectivity index is 2.98. The molecule has 0 bridgehead atoms. The highest BCUT2D eigenvalue weighted by Gasteiger charge is 2.43. The average molecular weight is 314 g/mol. The van der Waals surface area contributed by atoms with Crippen molar-refractivity contribution in [1.29, 1.82) is 0 Å². The van der Waals surface area contributed by atoms with Gasteiger partial charge in [0, 0.05) is 25.6 Å². The first kappa shape index (κ1) is 18.4. The summed E-state index contributed by atoms with van der Waals surface area (Å²) in [5.41, 5.74) is -0.902. The van der Waals surface area contributed by atoms with E-state index >= 15 is 0 Å². The minimum atomic E-state index is -1.34. The summed E-state index contributed by atoms with van der Waals surface area (Å²) in [4.78, 5) is 38.3. The van der Waals surface area contributed by atoms with Crippen LogP contribution in [0.1, 0.15) is 40.0 Å². The van der Waals surface area contributed by atoms with Gasteiger partial charge in [0.05, 0.1) is 12.0 Å². The second-order valence-corrected chi connectivity index (χ2v) is 7.04. The Hall–Kier alpha value is -1.63. The maximum atomic E-state index is 12.6. The van der Waals surface area contributed by atoms with E-state index in [0.29, 0.717) is 12.8 Å². The second-order valence-electron chi connectivity index (χ2n) is 7.04.